The minimum absolute atomic E-state index is 0.0772. The van der Waals surface area contributed by atoms with E-state index in [1.807, 2.05) is 0 Å². The Morgan fingerprint density at radius 2 is 1.82 bits per heavy atom. The highest BCUT2D eigenvalue weighted by Gasteiger charge is 2.35. The molecule has 2 aliphatic heterocycles. The number of aryl methyl sites for hydroxylation is 1. The highest BCUT2D eigenvalue weighted by Crippen LogP contribution is 2.32. The first-order chi connectivity index (χ1) is 16.0. The number of nitrogens with zero attached hydrogens (tertiary/aromatic N) is 6. The summed E-state index contributed by atoms with van der Waals surface area (Å²) in [6.45, 7) is 8.59. The van der Waals surface area contributed by atoms with Crippen molar-refractivity contribution in [3.05, 3.63) is 35.7 Å². The number of amides is 2. The van der Waals surface area contributed by atoms with Gasteiger partial charge in [-0.05, 0) is 27.7 Å². The molecule has 0 bridgehead atoms. The molecule has 1 unspecified atom stereocenters. The van der Waals surface area contributed by atoms with Crippen LogP contribution >= 0.6 is 0 Å². The molecule has 1 aromatic carbocycles. The number of piperazine rings is 1. The molecule has 2 amide bonds. The Balaban J connectivity index is 1.41. The van der Waals surface area contributed by atoms with Crippen molar-refractivity contribution in [3.8, 4) is 0 Å². The molecule has 0 aliphatic carbocycles. The standard InChI is InChI=1S/C22H28F2N6O4/c1-14-11-29(26-25-14)12-16-13-30(21(32)33-16)15-9-17(23)19(18(24)10-15)27-5-7-28(8-6-27)20(31)34-22(2,3)4/h9-11,16H,5-8,12-13H2,1-4H3. The minimum Gasteiger partial charge on any atom is -0.444 e. The Morgan fingerprint density at radius 3 is 2.38 bits per heavy atom. The van der Waals surface area contributed by atoms with Crippen LogP contribution in [0, 0.1) is 18.6 Å². The maximum atomic E-state index is 15.0. The second-order valence-electron chi connectivity index (χ2n) is 9.41. The van der Waals surface area contributed by atoms with Gasteiger partial charge in [-0.3, -0.25) is 4.90 Å². The van der Waals surface area contributed by atoms with Crippen LogP contribution in [0.5, 0.6) is 0 Å². The molecule has 1 atom stereocenters. The van der Waals surface area contributed by atoms with Crippen LogP contribution in [0.1, 0.15) is 26.5 Å². The fourth-order valence-corrected chi connectivity index (χ4v) is 3.97. The molecule has 4 rings (SSSR count). The Labute approximate surface area is 196 Å². The molecule has 2 aromatic rings. The molecule has 2 fully saturated rings. The fraction of sp³-hybridized carbons (Fsp3) is 0.545. The molecule has 2 saturated heterocycles. The molecular formula is C22H28F2N6O4. The van der Waals surface area contributed by atoms with Crippen molar-refractivity contribution in [1.29, 1.82) is 0 Å². The molecule has 0 radical (unpaired) electrons. The van der Waals surface area contributed by atoms with E-state index in [0.29, 0.717) is 0 Å². The molecule has 34 heavy (non-hydrogen) atoms. The van der Waals surface area contributed by atoms with E-state index < -0.39 is 35.5 Å². The second kappa shape index (κ2) is 9.07. The Hall–Kier alpha value is -3.44. The number of hydrogen-bond acceptors (Lipinski definition) is 7. The zero-order valence-electron chi connectivity index (χ0n) is 19.6. The molecule has 184 valence electrons. The predicted molar refractivity (Wildman–Crippen MR) is 119 cm³/mol. The van der Waals surface area contributed by atoms with Gasteiger partial charge in [0.2, 0.25) is 0 Å². The zero-order valence-corrected chi connectivity index (χ0v) is 19.6. The van der Waals surface area contributed by atoms with Crippen molar-refractivity contribution in [1.82, 2.24) is 19.9 Å². The molecule has 12 heteroatoms. The lowest BCUT2D eigenvalue weighted by atomic mass is 10.2. The van der Waals surface area contributed by atoms with Gasteiger partial charge >= 0.3 is 12.2 Å². The third-order valence-corrected chi connectivity index (χ3v) is 5.48. The summed E-state index contributed by atoms with van der Waals surface area (Å²) in [7, 11) is 0. The first kappa shape index (κ1) is 23.7. The summed E-state index contributed by atoms with van der Waals surface area (Å²) in [5.74, 6) is -1.58. The number of aromatic nitrogens is 3. The normalized spacial score (nSPS) is 18.9. The maximum absolute atomic E-state index is 15.0. The summed E-state index contributed by atoms with van der Waals surface area (Å²) in [4.78, 5) is 28.8. The van der Waals surface area contributed by atoms with Crippen molar-refractivity contribution in [2.75, 3.05) is 42.5 Å². The van der Waals surface area contributed by atoms with E-state index in [9.17, 15) is 9.59 Å². The van der Waals surface area contributed by atoms with E-state index in [1.165, 1.54) is 9.80 Å². The molecule has 0 spiro atoms. The van der Waals surface area contributed by atoms with E-state index in [2.05, 4.69) is 10.3 Å². The van der Waals surface area contributed by atoms with Crippen LogP contribution in [-0.2, 0) is 16.0 Å². The fourth-order valence-electron chi connectivity index (χ4n) is 3.97. The van der Waals surface area contributed by atoms with Gasteiger partial charge in [0, 0.05) is 44.5 Å². The maximum Gasteiger partial charge on any atom is 0.414 e. The summed E-state index contributed by atoms with van der Waals surface area (Å²) in [6, 6.07) is 2.25. The van der Waals surface area contributed by atoms with Crippen molar-refractivity contribution < 1.29 is 27.8 Å². The Morgan fingerprint density at radius 1 is 1.18 bits per heavy atom. The van der Waals surface area contributed by atoms with Gasteiger partial charge < -0.3 is 19.3 Å². The Bertz CT molecular complexity index is 1050. The number of cyclic esters (lactones) is 1. The van der Waals surface area contributed by atoms with Crippen molar-refractivity contribution in [2.45, 2.75) is 45.9 Å². The first-order valence-corrected chi connectivity index (χ1v) is 11.1. The lowest BCUT2D eigenvalue weighted by Crippen LogP contribution is -2.50. The van der Waals surface area contributed by atoms with Crippen molar-refractivity contribution in [3.63, 3.8) is 0 Å². The summed E-state index contributed by atoms with van der Waals surface area (Å²) >= 11 is 0. The van der Waals surface area contributed by atoms with Gasteiger partial charge in [-0.15, -0.1) is 5.10 Å². The summed E-state index contributed by atoms with van der Waals surface area (Å²) < 4.78 is 42.3. The predicted octanol–water partition coefficient (Wildman–Crippen LogP) is 2.95. The van der Waals surface area contributed by atoms with Crippen LogP contribution in [0.25, 0.3) is 0 Å². The number of halogens is 2. The molecular weight excluding hydrogens is 450 g/mol. The molecule has 0 N–H and O–H groups in total. The summed E-state index contributed by atoms with van der Waals surface area (Å²) in [5.41, 5.74) is 0.00250. The van der Waals surface area contributed by atoms with Gasteiger partial charge in [-0.25, -0.2) is 23.1 Å². The van der Waals surface area contributed by atoms with Crippen LogP contribution in [0.2, 0.25) is 0 Å². The number of benzene rings is 1. The van der Waals surface area contributed by atoms with E-state index in [-0.39, 0.29) is 50.6 Å². The minimum atomic E-state index is -0.788. The third-order valence-electron chi connectivity index (χ3n) is 5.48. The van der Waals surface area contributed by atoms with Crippen molar-refractivity contribution in [2.24, 2.45) is 0 Å². The van der Waals surface area contributed by atoms with Gasteiger partial charge in [0.25, 0.3) is 0 Å². The average Bonchev–Trinajstić information content (AvgIpc) is 3.31. The van der Waals surface area contributed by atoms with Crippen LogP contribution < -0.4 is 9.80 Å². The monoisotopic (exact) mass is 478 g/mol. The Kier molecular flexibility index (Phi) is 6.32. The smallest absolute Gasteiger partial charge is 0.414 e. The van der Waals surface area contributed by atoms with Crippen molar-refractivity contribution >= 4 is 23.6 Å². The highest BCUT2D eigenvalue weighted by molar-refractivity contribution is 5.90. The number of carbonyl (C=O) groups excluding carboxylic acids is 2. The van der Waals surface area contributed by atoms with Crippen LogP contribution in [-0.4, -0.2) is 76.5 Å². The lowest BCUT2D eigenvalue weighted by Gasteiger charge is -2.37. The molecule has 3 heterocycles. The quantitative estimate of drug-likeness (QED) is 0.667. The zero-order chi connectivity index (χ0) is 24.6. The number of rotatable bonds is 4. The average molecular weight is 479 g/mol. The van der Waals surface area contributed by atoms with Crippen LogP contribution in [0.4, 0.5) is 29.7 Å². The topological polar surface area (TPSA) is 93.0 Å². The highest BCUT2D eigenvalue weighted by atomic mass is 19.1. The van der Waals surface area contributed by atoms with Gasteiger partial charge in [0.1, 0.15) is 17.4 Å². The van der Waals surface area contributed by atoms with E-state index >= 15 is 8.78 Å². The van der Waals surface area contributed by atoms with E-state index in [0.717, 1.165) is 17.8 Å². The summed E-state index contributed by atoms with van der Waals surface area (Å²) in [6.07, 6.45) is 0.0546. The van der Waals surface area contributed by atoms with Gasteiger partial charge in [-0.2, -0.15) is 0 Å². The number of anilines is 2. The SMILES string of the molecule is Cc1cn(CC2CN(c3cc(F)c(N4CCN(C(=O)OC(C)(C)C)CC4)c(F)c3)C(=O)O2)nn1. The van der Waals surface area contributed by atoms with Crippen LogP contribution in [0.3, 0.4) is 0 Å². The summed E-state index contributed by atoms with van der Waals surface area (Å²) in [5, 5.41) is 7.81. The number of ether oxygens (including phenoxy) is 2. The van der Waals surface area contributed by atoms with E-state index in [4.69, 9.17) is 9.47 Å². The van der Waals surface area contributed by atoms with E-state index in [1.54, 1.807) is 43.5 Å². The van der Waals surface area contributed by atoms with Crippen LogP contribution in [0.15, 0.2) is 18.3 Å². The number of hydrogen-bond donors (Lipinski definition) is 0. The van der Waals surface area contributed by atoms with Gasteiger partial charge in [0.15, 0.2) is 11.6 Å². The third kappa shape index (κ3) is 5.20. The lowest BCUT2D eigenvalue weighted by molar-refractivity contribution is 0.0240. The second-order valence-corrected chi connectivity index (χ2v) is 9.41. The number of carbonyl (C=O) groups is 2. The molecule has 0 saturated carbocycles. The first-order valence-electron chi connectivity index (χ1n) is 11.1. The largest absolute Gasteiger partial charge is 0.444 e. The van der Waals surface area contributed by atoms with Gasteiger partial charge in [-0.1, -0.05) is 5.21 Å². The molecule has 1 aromatic heterocycles. The molecule has 2 aliphatic rings. The van der Waals surface area contributed by atoms with Gasteiger partial charge in [0.05, 0.1) is 24.5 Å². The molecule has 10 nitrogen and oxygen atoms in total.